The molecule has 27 heavy (non-hydrogen) atoms. The standard InChI is InChI=1S/C15H23N3O2.C7H16/c1-3-14(19)18(11-12-7-6-10-17(12)2)13-8-4-5-9-16-15(13)20;1-3-5-7-6-4-2/h6-7,10,13H,3-5,8-9,11H2,1-2H3,(H,16,20);3-7H2,1-2H3. The van der Waals surface area contributed by atoms with Crippen molar-refractivity contribution in [2.24, 2.45) is 7.05 Å². The fourth-order valence-corrected chi connectivity index (χ4v) is 3.31. The van der Waals surface area contributed by atoms with Crippen LogP contribution in [0.3, 0.4) is 0 Å². The van der Waals surface area contributed by atoms with Gasteiger partial charge in [-0.1, -0.05) is 52.9 Å². The summed E-state index contributed by atoms with van der Waals surface area (Å²) in [6.45, 7) is 7.54. The summed E-state index contributed by atoms with van der Waals surface area (Å²) in [6.07, 6.45) is 12.1. The molecule has 2 rings (SSSR count). The van der Waals surface area contributed by atoms with Gasteiger partial charge in [-0.3, -0.25) is 9.59 Å². The summed E-state index contributed by atoms with van der Waals surface area (Å²) >= 11 is 0. The van der Waals surface area contributed by atoms with Crippen molar-refractivity contribution >= 4 is 11.8 Å². The van der Waals surface area contributed by atoms with Gasteiger partial charge in [0.25, 0.3) is 0 Å². The number of carbonyl (C=O) groups excluding carboxylic acids is 2. The van der Waals surface area contributed by atoms with Crippen molar-refractivity contribution in [3.8, 4) is 0 Å². The fraction of sp³-hybridized carbons (Fsp3) is 0.727. The largest absolute Gasteiger partial charge is 0.354 e. The number of amides is 2. The van der Waals surface area contributed by atoms with Gasteiger partial charge in [-0.15, -0.1) is 0 Å². The van der Waals surface area contributed by atoms with E-state index in [1.54, 1.807) is 4.90 Å². The van der Waals surface area contributed by atoms with Crippen LogP contribution in [0.5, 0.6) is 0 Å². The topological polar surface area (TPSA) is 54.3 Å². The predicted molar refractivity (Wildman–Crippen MR) is 111 cm³/mol. The highest BCUT2D eigenvalue weighted by Crippen LogP contribution is 2.17. The third kappa shape index (κ3) is 8.19. The van der Waals surface area contributed by atoms with Crippen LogP contribution in [0.4, 0.5) is 0 Å². The summed E-state index contributed by atoms with van der Waals surface area (Å²) in [5.74, 6) is 0.0201. The zero-order valence-corrected chi connectivity index (χ0v) is 17.8. The number of hydrogen-bond donors (Lipinski definition) is 1. The van der Waals surface area contributed by atoms with E-state index in [4.69, 9.17) is 0 Å². The van der Waals surface area contributed by atoms with Crippen molar-refractivity contribution in [1.29, 1.82) is 0 Å². The highest BCUT2D eigenvalue weighted by molar-refractivity contribution is 5.87. The molecular formula is C22H39N3O2. The summed E-state index contributed by atoms with van der Waals surface area (Å²) in [4.78, 5) is 26.2. The Morgan fingerprint density at radius 3 is 2.44 bits per heavy atom. The summed E-state index contributed by atoms with van der Waals surface area (Å²) in [5.41, 5.74) is 1.05. The van der Waals surface area contributed by atoms with E-state index in [-0.39, 0.29) is 17.9 Å². The molecular weight excluding hydrogens is 338 g/mol. The van der Waals surface area contributed by atoms with Gasteiger partial charge in [0.2, 0.25) is 11.8 Å². The lowest BCUT2D eigenvalue weighted by atomic mass is 10.1. The van der Waals surface area contributed by atoms with Gasteiger partial charge in [0.1, 0.15) is 6.04 Å². The van der Waals surface area contributed by atoms with Gasteiger partial charge in [0.05, 0.1) is 6.54 Å². The quantitative estimate of drug-likeness (QED) is 0.682. The minimum atomic E-state index is -0.333. The molecule has 1 aromatic heterocycles. The number of nitrogens with one attached hydrogen (secondary N) is 1. The van der Waals surface area contributed by atoms with Crippen molar-refractivity contribution in [1.82, 2.24) is 14.8 Å². The van der Waals surface area contributed by atoms with Crippen LogP contribution in [-0.4, -0.2) is 33.9 Å². The number of aryl methyl sites for hydroxylation is 1. The zero-order chi connectivity index (χ0) is 20.1. The van der Waals surface area contributed by atoms with Crippen LogP contribution in [-0.2, 0) is 23.2 Å². The molecule has 1 aliphatic heterocycles. The lowest BCUT2D eigenvalue weighted by Gasteiger charge is -2.30. The van der Waals surface area contributed by atoms with Gasteiger partial charge in [0.15, 0.2) is 0 Å². The maximum atomic E-state index is 12.2. The number of aromatic nitrogens is 1. The second kappa shape index (κ2) is 13.4. The monoisotopic (exact) mass is 377 g/mol. The third-order valence-corrected chi connectivity index (χ3v) is 5.10. The number of nitrogens with zero attached hydrogens (tertiary/aromatic N) is 2. The molecule has 1 saturated heterocycles. The first-order chi connectivity index (χ1) is 13.0. The number of rotatable bonds is 8. The van der Waals surface area contributed by atoms with E-state index >= 15 is 0 Å². The van der Waals surface area contributed by atoms with E-state index in [9.17, 15) is 9.59 Å². The molecule has 1 aliphatic rings. The van der Waals surface area contributed by atoms with Gasteiger partial charge < -0.3 is 14.8 Å². The third-order valence-electron chi connectivity index (χ3n) is 5.10. The molecule has 2 heterocycles. The number of hydrogen-bond acceptors (Lipinski definition) is 2. The Hall–Kier alpha value is -1.78. The summed E-state index contributed by atoms with van der Waals surface area (Å²) in [5, 5.41) is 2.91. The Balaban J connectivity index is 0.000000445. The molecule has 0 aromatic carbocycles. The molecule has 1 unspecified atom stereocenters. The minimum Gasteiger partial charge on any atom is -0.354 e. The molecule has 2 amide bonds. The molecule has 0 spiro atoms. The second-order valence-corrected chi connectivity index (χ2v) is 7.35. The normalized spacial score (nSPS) is 16.7. The van der Waals surface area contributed by atoms with Crippen molar-refractivity contribution in [2.75, 3.05) is 6.54 Å². The highest BCUT2D eigenvalue weighted by Gasteiger charge is 2.30. The first-order valence-electron chi connectivity index (χ1n) is 10.7. The minimum absolute atomic E-state index is 0.0153. The molecule has 5 nitrogen and oxygen atoms in total. The average molecular weight is 378 g/mol. The number of carbonyl (C=O) groups is 2. The average Bonchev–Trinajstić information content (AvgIpc) is 2.95. The van der Waals surface area contributed by atoms with Gasteiger partial charge in [-0.05, 0) is 31.4 Å². The van der Waals surface area contributed by atoms with Crippen LogP contribution >= 0.6 is 0 Å². The summed E-state index contributed by atoms with van der Waals surface area (Å²) < 4.78 is 1.99. The van der Waals surface area contributed by atoms with E-state index in [1.807, 2.05) is 36.9 Å². The Labute approximate surface area is 165 Å². The summed E-state index contributed by atoms with van der Waals surface area (Å²) in [7, 11) is 1.96. The van der Waals surface area contributed by atoms with Crippen molar-refractivity contribution in [2.45, 2.75) is 91.1 Å². The molecule has 1 atom stereocenters. The Morgan fingerprint density at radius 1 is 1.19 bits per heavy atom. The molecule has 0 aliphatic carbocycles. The maximum absolute atomic E-state index is 12.2. The maximum Gasteiger partial charge on any atom is 0.242 e. The lowest BCUT2D eigenvalue weighted by Crippen LogP contribution is -2.48. The van der Waals surface area contributed by atoms with E-state index in [0.717, 1.165) is 25.0 Å². The highest BCUT2D eigenvalue weighted by atomic mass is 16.2. The first-order valence-corrected chi connectivity index (χ1v) is 10.7. The van der Waals surface area contributed by atoms with Crippen LogP contribution in [0.15, 0.2) is 18.3 Å². The van der Waals surface area contributed by atoms with E-state index in [1.165, 1.54) is 32.1 Å². The smallest absolute Gasteiger partial charge is 0.242 e. The van der Waals surface area contributed by atoms with Gasteiger partial charge in [0, 0.05) is 31.9 Å². The van der Waals surface area contributed by atoms with Crippen LogP contribution in [0, 0.1) is 0 Å². The van der Waals surface area contributed by atoms with Crippen LogP contribution < -0.4 is 5.32 Å². The number of unbranched alkanes of at least 4 members (excludes halogenated alkanes) is 4. The molecule has 1 fully saturated rings. The van der Waals surface area contributed by atoms with Crippen LogP contribution in [0.25, 0.3) is 0 Å². The van der Waals surface area contributed by atoms with Crippen molar-refractivity contribution in [3.05, 3.63) is 24.0 Å². The van der Waals surface area contributed by atoms with Crippen LogP contribution in [0.1, 0.15) is 84.3 Å². The summed E-state index contributed by atoms with van der Waals surface area (Å²) in [6, 6.07) is 3.61. The molecule has 154 valence electrons. The molecule has 0 bridgehead atoms. The first kappa shape index (κ1) is 23.3. The predicted octanol–water partition coefficient (Wildman–Crippen LogP) is 4.41. The van der Waals surface area contributed by atoms with E-state index in [0.29, 0.717) is 19.5 Å². The Kier molecular flexibility index (Phi) is 11.5. The Bertz CT molecular complexity index is 550. The van der Waals surface area contributed by atoms with Gasteiger partial charge in [-0.2, -0.15) is 0 Å². The van der Waals surface area contributed by atoms with Crippen molar-refractivity contribution in [3.63, 3.8) is 0 Å². The Morgan fingerprint density at radius 2 is 1.89 bits per heavy atom. The van der Waals surface area contributed by atoms with Gasteiger partial charge in [-0.25, -0.2) is 0 Å². The van der Waals surface area contributed by atoms with Crippen LogP contribution in [0.2, 0.25) is 0 Å². The lowest BCUT2D eigenvalue weighted by molar-refractivity contribution is -0.141. The molecule has 1 aromatic rings. The zero-order valence-electron chi connectivity index (χ0n) is 17.8. The SMILES string of the molecule is CCC(=O)N(Cc1cccn1C)C1CCCCNC1=O.CCCCCCC. The molecule has 1 N–H and O–H groups in total. The molecule has 0 radical (unpaired) electrons. The molecule has 5 heteroatoms. The van der Waals surface area contributed by atoms with E-state index in [2.05, 4.69) is 19.2 Å². The fourth-order valence-electron chi connectivity index (χ4n) is 3.31. The second-order valence-electron chi connectivity index (χ2n) is 7.35. The van der Waals surface area contributed by atoms with Crippen molar-refractivity contribution < 1.29 is 9.59 Å². The van der Waals surface area contributed by atoms with Gasteiger partial charge >= 0.3 is 0 Å². The molecule has 0 saturated carbocycles. The van der Waals surface area contributed by atoms with E-state index < -0.39 is 0 Å².